The second-order valence-electron chi connectivity index (χ2n) is 5.66. The molecule has 0 aliphatic rings. The van der Waals surface area contributed by atoms with Crippen molar-refractivity contribution in [2.45, 2.75) is 33.3 Å². The fourth-order valence-corrected chi connectivity index (χ4v) is 2.29. The SMILES string of the molecule is CC[C@H](Oc1ccc(C)c(C)c1)C(=O)Nc1ccccc1C(N)=O. The Morgan fingerprint density at radius 3 is 2.46 bits per heavy atom. The standard InChI is InChI=1S/C19H22N2O3/c1-4-17(24-14-10-9-12(2)13(3)11-14)19(23)21-16-8-6-5-7-15(16)18(20)22/h5-11,17H,4H2,1-3H3,(H2,20,22)(H,21,23)/t17-/m0/s1. The van der Waals surface area contributed by atoms with Gasteiger partial charge >= 0.3 is 0 Å². The summed E-state index contributed by atoms with van der Waals surface area (Å²) in [6.45, 7) is 5.88. The van der Waals surface area contributed by atoms with Crippen molar-refractivity contribution in [2.24, 2.45) is 5.73 Å². The summed E-state index contributed by atoms with van der Waals surface area (Å²) in [6, 6.07) is 12.3. The maximum atomic E-state index is 12.5. The largest absolute Gasteiger partial charge is 0.481 e. The number of primary amides is 1. The van der Waals surface area contributed by atoms with Gasteiger partial charge in [-0.05, 0) is 55.7 Å². The summed E-state index contributed by atoms with van der Waals surface area (Å²) >= 11 is 0. The van der Waals surface area contributed by atoms with E-state index in [1.807, 2.05) is 39.0 Å². The van der Waals surface area contributed by atoms with Gasteiger partial charge in [0.2, 0.25) is 0 Å². The van der Waals surface area contributed by atoms with Crippen molar-refractivity contribution in [3.63, 3.8) is 0 Å². The van der Waals surface area contributed by atoms with Gasteiger partial charge in [-0.3, -0.25) is 9.59 Å². The minimum Gasteiger partial charge on any atom is -0.481 e. The third kappa shape index (κ3) is 4.13. The number of anilines is 1. The number of nitrogens with two attached hydrogens (primary N) is 1. The Balaban J connectivity index is 2.14. The lowest BCUT2D eigenvalue weighted by molar-refractivity contribution is -0.122. The number of amides is 2. The summed E-state index contributed by atoms with van der Waals surface area (Å²) in [6.07, 6.45) is -0.162. The van der Waals surface area contributed by atoms with Crippen LogP contribution in [0.1, 0.15) is 34.8 Å². The predicted octanol–water partition coefficient (Wildman–Crippen LogP) is 3.20. The molecule has 5 heteroatoms. The lowest BCUT2D eigenvalue weighted by Gasteiger charge is -2.18. The van der Waals surface area contributed by atoms with Crippen molar-refractivity contribution in [1.82, 2.24) is 0 Å². The van der Waals surface area contributed by atoms with Crippen molar-refractivity contribution in [3.05, 3.63) is 59.2 Å². The molecule has 0 radical (unpaired) electrons. The first-order valence-corrected chi connectivity index (χ1v) is 7.86. The summed E-state index contributed by atoms with van der Waals surface area (Å²) in [5.41, 5.74) is 8.25. The molecule has 24 heavy (non-hydrogen) atoms. The maximum Gasteiger partial charge on any atom is 0.265 e. The summed E-state index contributed by atoms with van der Waals surface area (Å²) < 4.78 is 5.81. The Morgan fingerprint density at radius 2 is 1.83 bits per heavy atom. The molecule has 0 aliphatic heterocycles. The second kappa shape index (κ2) is 7.64. The molecule has 0 bridgehead atoms. The van der Waals surface area contributed by atoms with Gasteiger partial charge in [0.25, 0.3) is 11.8 Å². The molecule has 0 saturated heterocycles. The van der Waals surface area contributed by atoms with E-state index < -0.39 is 12.0 Å². The number of aryl methyl sites for hydroxylation is 2. The summed E-state index contributed by atoms with van der Waals surface area (Å²) in [5.74, 6) is -0.262. The topological polar surface area (TPSA) is 81.4 Å². The Labute approximate surface area is 141 Å². The monoisotopic (exact) mass is 326 g/mol. The molecule has 0 heterocycles. The van der Waals surface area contributed by atoms with Crippen LogP contribution in [-0.2, 0) is 4.79 Å². The van der Waals surface area contributed by atoms with Crippen LogP contribution in [0.15, 0.2) is 42.5 Å². The molecule has 2 rings (SSSR count). The van der Waals surface area contributed by atoms with Crippen LogP contribution in [-0.4, -0.2) is 17.9 Å². The molecule has 0 saturated carbocycles. The predicted molar refractivity (Wildman–Crippen MR) is 94.2 cm³/mol. The van der Waals surface area contributed by atoms with Gasteiger partial charge in [0.15, 0.2) is 6.10 Å². The fourth-order valence-electron chi connectivity index (χ4n) is 2.29. The number of benzene rings is 2. The van der Waals surface area contributed by atoms with Crippen LogP contribution >= 0.6 is 0 Å². The summed E-state index contributed by atoms with van der Waals surface area (Å²) in [4.78, 5) is 23.9. The number of rotatable bonds is 6. The number of para-hydroxylation sites is 1. The molecule has 5 nitrogen and oxygen atoms in total. The second-order valence-corrected chi connectivity index (χ2v) is 5.66. The van der Waals surface area contributed by atoms with Gasteiger partial charge in [-0.2, -0.15) is 0 Å². The van der Waals surface area contributed by atoms with Crippen molar-refractivity contribution in [3.8, 4) is 5.75 Å². The summed E-state index contributed by atoms with van der Waals surface area (Å²) in [5, 5.41) is 2.72. The highest BCUT2D eigenvalue weighted by Crippen LogP contribution is 2.20. The third-order valence-electron chi connectivity index (χ3n) is 3.87. The Morgan fingerprint density at radius 1 is 1.12 bits per heavy atom. The van der Waals surface area contributed by atoms with Crippen LogP contribution in [0.2, 0.25) is 0 Å². The first-order chi connectivity index (χ1) is 11.4. The van der Waals surface area contributed by atoms with E-state index in [4.69, 9.17) is 10.5 Å². The molecule has 2 amide bonds. The molecule has 0 aromatic heterocycles. The van der Waals surface area contributed by atoms with Crippen LogP contribution < -0.4 is 15.8 Å². The number of hydrogen-bond acceptors (Lipinski definition) is 3. The van der Waals surface area contributed by atoms with Crippen molar-refractivity contribution in [1.29, 1.82) is 0 Å². The van der Waals surface area contributed by atoms with E-state index in [1.54, 1.807) is 24.3 Å². The quantitative estimate of drug-likeness (QED) is 0.855. The fraction of sp³-hybridized carbons (Fsp3) is 0.263. The van der Waals surface area contributed by atoms with Crippen LogP contribution in [0, 0.1) is 13.8 Å². The number of ether oxygens (including phenoxy) is 1. The third-order valence-corrected chi connectivity index (χ3v) is 3.87. The van der Waals surface area contributed by atoms with Crippen molar-refractivity contribution < 1.29 is 14.3 Å². The van der Waals surface area contributed by atoms with E-state index >= 15 is 0 Å². The van der Waals surface area contributed by atoms with Crippen LogP contribution in [0.5, 0.6) is 5.75 Å². The molecule has 0 unspecified atom stereocenters. The Hall–Kier alpha value is -2.82. The molecule has 2 aromatic carbocycles. The highest BCUT2D eigenvalue weighted by Gasteiger charge is 2.20. The zero-order valence-corrected chi connectivity index (χ0v) is 14.1. The van der Waals surface area contributed by atoms with E-state index in [-0.39, 0.29) is 11.5 Å². The number of nitrogens with one attached hydrogen (secondary N) is 1. The van der Waals surface area contributed by atoms with Crippen LogP contribution in [0.25, 0.3) is 0 Å². The molecule has 0 fully saturated rings. The molecule has 0 aliphatic carbocycles. The molecular weight excluding hydrogens is 304 g/mol. The van der Waals surface area contributed by atoms with Gasteiger partial charge in [-0.15, -0.1) is 0 Å². The van der Waals surface area contributed by atoms with Gasteiger partial charge in [0.05, 0.1) is 11.3 Å². The lowest BCUT2D eigenvalue weighted by atomic mass is 10.1. The first kappa shape index (κ1) is 17.5. The van der Waals surface area contributed by atoms with Gasteiger partial charge in [0.1, 0.15) is 5.75 Å². The summed E-state index contributed by atoms with van der Waals surface area (Å²) in [7, 11) is 0. The zero-order chi connectivity index (χ0) is 17.7. The molecule has 3 N–H and O–H groups in total. The lowest BCUT2D eigenvalue weighted by Crippen LogP contribution is -2.33. The number of hydrogen-bond donors (Lipinski definition) is 2. The first-order valence-electron chi connectivity index (χ1n) is 7.86. The number of carbonyl (C=O) groups excluding carboxylic acids is 2. The van der Waals surface area contributed by atoms with E-state index in [2.05, 4.69) is 5.32 Å². The average Bonchev–Trinajstić information content (AvgIpc) is 2.56. The van der Waals surface area contributed by atoms with Gasteiger partial charge in [-0.25, -0.2) is 0 Å². The minimum atomic E-state index is -0.659. The van der Waals surface area contributed by atoms with E-state index in [0.29, 0.717) is 17.9 Å². The molecule has 126 valence electrons. The van der Waals surface area contributed by atoms with Gasteiger partial charge in [-0.1, -0.05) is 25.1 Å². The smallest absolute Gasteiger partial charge is 0.265 e. The molecule has 1 atom stereocenters. The van der Waals surface area contributed by atoms with Crippen LogP contribution in [0.4, 0.5) is 5.69 Å². The Bertz CT molecular complexity index is 756. The van der Waals surface area contributed by atoms with E-state index in [9.17, 15) is 9.59 Å². The van der Waals surface area contributed by atoms with Crippen molar-refractivity contribution >= 4 is 17.5 Å². The van der Waals surface area contributed by atoms with E-state index in [0.717, 1.165) is 11.1 Å². The van der Waals surface area contributed by atoms with Crippen LogP contribution in [0.3, 0.4) is 0 Å². The maximum absolute atomic E-state index is 12.5. The minimum absolute atomic E-state index is 0.270. The average molecular weight is 326 g/mol. The normalized spacial score (nSPS) is 11.6. The van der Waals surface area contributed by atoms with Gasteiger partial charge < -0.3 is 15.8 Å². The highest BCUT2D eigenvalue weighted by atomic mass is 16.5. The molecule has 0 spiro atoms. The Kier molecular flexibility index (Phi) is 5.58. The molecular formula is C19H22N2O3. The van der Waals surface area contributed by atoms with Crippen molar-refractivity contribution in [2.75, 3.05) is 5.32 Å². The zero-order valence-electron chi connectivity index (χ0n) is 14.1. The van der Waals surface area contributed by atoms with E-state index in [1.165, 1.54) is 0 Å². The van der Waals surface area contributed by atoms with Gasteiger partial charge in [0, 0.05) is 0 Å². The number of carbonyl (C=O) groups is 2. The highest BCUT2D eigenvalue weighted by molar-refractivity contribution is 6.04. The molecule has 2 aromatic rings.